The fourth-order valence-electron chi connectivity index (χ4n) is 1.61. The number of carboxylic acids is 1. The van der Waals surface area contributed by atoms with Gasteiger partial charge in [0.2, 0.25) is 0 Å². The molecule has 1 aromatic heterocycles. The molecule has 0 saturated carbocycles. The first-order valence-corrected chi connectivity index (χ1v) is 6.10. The van der Waals surface area contributed by atoms with Crippen molar-refractivity contribution in [1.29, 1.82) is 0 Å². The van der Waals surface area contributed by atoms with Gasteiger partial charge < -0.3 is 9.67 Å². The lowest BCUT2D eigenvalue weighted by Gasteiger charge is -2.10. The second-order valence-corrected chi connectivity index (χ2v) is 5.02. The fourth-order valence-corrected chi connectivity index (χ4v) is 2.28. The molecule has 1 heterocycles. The zero-order chi connectivity index (χ0) is 13.4. The van der Waals surface area contributed by atoms with Gasteiger partial charge in [0.25, 0.3) is 0 Å². The van der Waals surface area contributed by atoms with Crippen molar-refractivity contribution in [3.63, 3.8) is 0 Å². The van der Waals surface area contributed by atoms with Crippen molar-refractivity contribution in [2.45, 2.75) is 6.92 Å². The molecule has 0 aliphatic rings. The summed E-state index contributed by atoms with van der Waals surface area (Å²) in [5.41, 5.74) is 1.33. The summed E-state index contributed by atoms with van der Waals surface area (Å²) < 4.78 is 1.40. The van der Waals surface area contributed by atoms with E-state index >= 15 is 0 Å². The van der Waals surface area contributed by atoms with Crippen LogP contribution < -0.4 is 0 Å². The van der Waals surface area contributed by atoms with Crippen LogP contribution in [-0.2, 0) is 0 Å². The average Bonchev–Trinajstić information content (AvgIpc) is 2.65. The monoisotopic (exact) mass is 303 g/mol. The van der Waals surface area contributed by atoms with Crippen molar-refractivity contribution >= 4 is 40.8 Å². The summed E-state index contributed by atoms with van der Waals surface area (Å²) in [6.07, 6.45) is 1.48. The molecule has 3 nitrogen and oxygen atoms in total. The van der Waals surface area contributed by atoms with Crippen molar-refractivity contribution in [3.8, 4) is 5.69 Å². The highest BCUT2D eigenvalue weighted by molar-refractivity contribution is 6.35. The minimum atomic E-state index is -1.09. The van der Waals surface area contributed by atoms with Gasteiger partial charge in [-0.1, -0.05) is 34.8 Å². The Morgan fingerprint density at radius 1 is 1.17 bits per heavy atom. The van der Waals surface area contributed by atoms with E-state index in [4.69, 9.17) is 39.9 Å². The van der Waals surface area contributed by atoms with Gasteiger partial charge in [0.05, 0.1) is 15.7 Å². The first kappa shape index (κ1) is 13.3. The third-order valence-corrected chi connectivity index (χ3v) is 3.41. The Kier molecular flexibility index (Phi) is 3.57. The van der Waals surface area contributed by atoms with Crippen molar-refractivity contribution in [2.75, 3.05) is 0 Å². The molecule has 1 aromatic carbocycles. The third kappa shape index (κ3) is 2.34. The summed E-state index contributed by atoms with van der Waals surface area (Å²) in [5, 5.41) is 10.3. The molecule has 0 radical (unpaired) electrons. The Labute approximate surface area is 119 Å². The highest BCUT2D eigenvalue weighted by atomic mass is 35.5. The Morgan fingerprint density at radius 3 is 2.44 bits per heavy atom. The Morgan fingerprint density at radius 2 is 1.83 bits per heavy atom. The van der Waals surface area contributed by atoms with E-state index in [1.54, 1.807) is 12.1 Å². The molecule has 18 heavy (non-hydrogen) atoms. The molecule has 2 rings (SSSR count). The summed E-state index contributed by atoms with van der Waals surface area (Å²) in [6.45, 7) is 1.82. The lowest BCUT2D eigenvalue weighted by atomic mass is 10.2. The second kappa shape index (κ2) is 4.84. The van der Waals surface area contributed by atoms with E-state index in [-0.39, 0.29) is 5.69 Å². The molecular formula is C12H8Cl3NO2. The molecule has 0 aliphatic carbocycles. The normalized spacial score (nSPS) is 10.7. The zero-order valence-electron chi connectivity index (χ0n) is 9.25. The van der Waals surface area contributed by atoms with Crippen LogP contribution in [0.4, 0.5) is 0 Å². The van der Waals surface area contributed by atoms with Crippen LogP contribution in [0.2, 0.25) is 15.1 Å². The number of hydrogen-bond acceptors (Lipinski definition) is 1. The number of nitrogens with zero attached hydrogens (tertiary/aromatic N) is 1. The second-order valence-electron chi connectivity index (χ2n) is 3.77. The first-order chi connectivity index (χ1) is 8.40. The highest BCUT2D eigenvalue weighted by Crippen LogP contribution is 2.30. The number of aromatic nitrogens is 1. The zero-order valence-corrected chi connectivity index (χ0v) is 11.5. The molecule has 0 unspecified atom stereocenters. The molecule has 0 bridgehead atoms. The summed E-state index contributed by atoms with van der Waals surface area (Å²) in [7, 11) is 0. The van der Waals surface area contributed by atoms with E-state index in [0.717, 1.165) is 5.56 Å². The number of aromatic carboxylic acids is 1. The van der Waals surface area contributed by atoms with Crippen LogP contribution in [0, 0.1) is 6.92 Å². The van der Waals surface area contributed by atoms with Gasteiger partial charge in [0, 0.05) is 11.2 Å². The molecule has 1 N–H and O–H groups in total. The predicted molar refractivity (Wildman–Crippen MR) is 72.5 cm³/mol. The summed E-state index contributed by atoms with van der Waals surface area (Å²) >= 11 is 18.0. The number of carboxylic acid groups (broad SMARTS) is 1. The molecule has 0 aliphatic heterocycles. The number of benzene rings is 1. The van der Waals surface area contributed by atoms with Gasteiger partial charge in [0.15, 0.2) is 0 Å². The maximum Gasteiger partial charge on any atom is 0.352 e. The van der Waals surface area contributed by atoms with Gasteiger partial charge in [0.1, 0.15) is 5.69 Å². The van der Waals surface area contributed by atoms with E-state index in [1.807, 2.05) is 6.92 Å². The summed E-state index contributed by atoms with van der Waals surface area (Å²) in [4.78, 5) is 11.1. The Hall–Kier alpha value is -1.16. The minimum Gasteiger partial charge on any atom is -0.477 e. The predicted octanol–water partition coefficient (Wildman–Crippen LogP) is 4.44. The van der Waals surface area contributed by atoms with Gasteiger partial charge in [-0.15, -0.1) is 0 Å². The van der Waals surface area contributed by atoms with Gasteiger partial charge in [-0.05, 0) is 30.7 Å². The molecule has 0 saturated heterocycles. The molecule has 6 heteroatoms. The molecule has 0 amide bonds. The van der Waals surface area contributed by atoms with E-state index in [0.29, 0.717) is 20.8 Å². The molecule has 94 valence electrons. The Bertz CT molecular complexity index is 634. The van der Waals surface area contributed by atoms with Crippen LogP contribution in [0.1, 0.15) is 16.1 Å². The first-order valence-electron chi connectivity index (χ1n) is 4.97. The lowest BCUT2D eigenvalue weighted by Crippen LogP contribution is -2.06. The largest absolute Gasteiger partial charge is 0.477 e. The van der Waals surface area contributed by atoms with Crippen molar-refractivity contribution in [2.24, 2.45) is 0 Å². The van der Waals surface area contributed by atoms with Crippen LogP contribution in [0.15, 0.2) is 24.4 Å². The van der Waals surface area contributed by atoms with Crippen LogP contribution in [0.3, 0.4) is 0 Å². The Balaban J connectivity index is 2.69. The minimum absolute atomic E-state index is 0.0295. The summed E-state index contributed by atoms with van der Waals surface area (Å²) in [5.74, 6) is -1.09. The van der Waals surface area contributed by atoms with Gasteiger partial charge in [-0.2, -0.15) is 0 Å². The number of carbonyl (C=O) groups is 1. The maximum atomic E-state index is 11.1. The van der Waals surface area contributed by atoms with Gasteiger partial charge >= 0.3 is 5.97 Å². The average molecular weight is 305 g/mol. The van der Waals surface area contributed by atoms with Gasteiger partial charge in [-0.25, -0.2) is 4.79 Å². The maximum absolute atomic E-state index is 11.1. The van der Waals surface area contributed by atoms with Crippen molar-refractivity contribution in [3.05, 3.63) is 50.7 Å². The molecule has 2 aromatic rings. The van der Waals surface area contributed by atoms with Crippen molar-refractivity contribution in [1.82, 2.24) is 4.57 Å². The van der Waals surface area contributed by atoms with Crippen LogP contribution in [0.25, 0.3) is 5.69 Å². The third-order valence-electron chi connectivity index (χ3n) is 2.49. The van der Waals surface area contributed by atoms with Crippen LogP contribution in [0.5, 0.6) is 0 Å². The SMILES string of the molecule is Cc1cc(Cl)c(-n2cc(Cl)cc2C(=O)O)cc1Cl. The number of aryl methyl sites for hydroxylation is 1. The van der Waals surface area contributed by atoms with E-state index in [1.165, 1.54) is 16.8 Å². The van der Waals surface area contributed by atoms with E-state index in [2.05, 4.69) is 0 Å². The molecule has 0 atom stereocenters. The summed E-state index contributed by atoms with van der Waals surface area (Å²) in [6, 6.07) is 4.65. The molecule has 0 spiro atoms. The smallest absolute Gasteiger partial charge is 0.352 e. The molecular weight excluding hydrogens is 296 g/mol. The number of halogens is 3. The molecule has 0 fully saturated rings. The topological polar surface area (TPSA) is 42.2 Å². The lowest BCUT2D eigenvalue weighted by molar-refractivity contribution is 0.0688. The van der Waals surface area contributed by atoms with Crippen LogP contribution >= 0.6 is 34.8 Å². The van der Waals surface area contributed by atoms with Crippen LogP contribution in [-0.4, -0.2) is 15.6 Å². The highest BCUT2D eigenvalue weighted by Gasteiger charge is 2.16. The van der Waals surface area contributed by atoms with Gasteiger partial charge in [-0.3, -0.25) is 0 Å². The van der Waals surface area contributed by atoms with E-state index < -0.39 is 5.97 Å². The standard InChI is InChI=1S/C12H8Cl3NO2/c1-6-2-9(15)10(4-8(6)14)16-5-7(13)3-11(16)12(17)18/h2-5H,1H3,(H,17,18). The van der Waals surface area contributed by atoms with Crippen molar-refractivity contribution < 1.29 is 9.90 Å². The quantitative estimate of drug-likeness (QED) is 0.891. The van der Waals surface area contributed by atoms with E-state index in [9.17, 15) is 4.79 Å². The number of hydrogen-bond donors (Lipinski definition) is 1. The fraction of sp³-hybridized carbons (Fsp3) is 0.0833. The number of rotatable bonds is 2.